The summed E-state index contributed by atoms with van der Waals surface area (Å²) in [5, 5.41) is 11.8. The third-order valence-electron chi connectivity index (χ3n) is 5.87. The quantitative estimate of drug-likeness (QED) is 0.487. The smallest absolute Gasteiger partial charge is 0.336 e. The van der Waals surface area contributed by atoms with E-state index < -0.39 is 5.97 Å². The first-order chi connectivity index (χ1) is 15.5. The lowest BCUT2D eigenvalue weighted by Gasteiger charge is -2.26. The van der Waals surface area contributed by atoms with Crippen molar-refractivity contribution in [3.8, 4) is 11.1 Å². The van der Waals surface area contributed by atoms with Crippen LogP contribution in [0.2, 0.25) is 0 Å². The highest BCUT2D eigenvalue weighted by Gasteiger charge is 2.19. The van der Waals surface area contributed by atoms with Crippen LogP contribution in [0.3, 0.4) is 0 Å². The highest BCUT2D eigenvalue weighted by molar-refractivity contribution is 6.16. The number of amides is 1. The highest BCUT2D eigenvalue weighted by atomic mass is 16.5. The van der Waals surface area contributed by atoms with Crippen LogP contribution >= 0.6 is 0 Å². The number of hydrogen-bond donors (Lipinski definition) is 2. The number of fused-ring (bicyclic) bond motifs is 3. The molecule has 3 aromatic carbocycles. The molecule has 0 aliphatic carbocycles. The second kappa shape index (κ2) is 7.94. The Balaban J connectivity index is 1.59. The van der Waals surface area contributed by atoms with Crippen molar-refractivity contribution >= 4 is 33.4 Å². The number of rotatable bonds is 3. The average molecular weight is 428 g/mol. The maximum absolute atomic E-state index is 12.7. The number of aromatic carboxylic acids is 1. The third kappa shape index (κ3) is 3.42. The topological polar surface area (TPSA) is 99.7 Å². The summed E-state index contributed by atoms with van der Waals surface area (Å²) < 4.78 is 5.30. The van der Waals surface area contributed by atoms with Gasteiger partial charge in [-0.2, -0.15) is 0 Å². The molecule has 1 aliphatic heterocycles. The zero-order valence-electron chi connectivity index (χ0n) is 17.1. The summed E-state index contributed by atoms with van der Waals surface area (Å²) in [5.74, 6) is -1.07. The van der Waals surface area contributed by atoms with Gasteiger partial charge in [-0.1, -0.05) is 24.3 Å². The van der Waals surface area contributed by atoms with Crippen LogP contribution < -0.4 is 5.56 Å². The first-order valence-corrected chi connectivity index (χ1v) is 10.3. The van der Waals surface area contributed by atoms with Gasteiger partial charge in [-0.05, 0) is 57.6 Å². The number of H-pyrrole nitrogens is 1. The van der Waals surface area contributed by atoms with E-state index in [1.54, 1.807) is 29.2 Å². The Hall–Kier alpha value is -3.97. The fraction of sp³-hybridized carbons (Fsp3) is 0.160. The standard InChI is InChI=1S/C25H20N2O5/c28-23-22-18(7-8-26-23)14-21(25(30)31)19-6-5-17(13-20(19)22)15-1-3-16(4-2-15)24(29)27-9-11-32-12-10-27/h1-8,13-14H,9-12H2,(H,26,28)(H,30,31). The zero-order chi connectivity index (χ0) is 22.2. The molecule has 1 fully saturated rings. The molecule has 4 aromatic rings. The molecule has 0 saturated carbocycles. The number of ether oxygens (including phenoxy) is 1. The second-order valence-corrected chi connectivity index (χ2v) is 7.74. The van der Waals surface area contributed by atoms with Crippen molar-refractivity contribution in [1.82, 2.24) is 9.88 Å². The molecule has 1 saturated heterocycles. The summed E-state index contributed by atoms with van der Waals surface area (Å²) in [4.78, 5) is 41.5. The fourth-order valence-electron chi connectivity index (χ4n) is 4.22. The van der Waals surface area contributed by atoms with Crippen LogP contribution in [-0.2, 0) is 4.74 Å². The van der Waals surface area contributed by atoms with Gasteiger partial charge in [0.25, 0.3) is 11.5 Å². The molecule has 1 aliphatic rings. The largest absolute Gasteiger partial charge is 0.478 e. The Labute approximate surface area is 182 Å². The summed E-state index contributed by atoms with van der Waals surface area (Å²) in [7, 11) is 0. The van der Waals surface area contributed by atoms with Crippen LogP contribution in [0, 0.1) is 0 Å². The number of carbonyl (C=O) groups excluding carboxylic acids is 1. The summed E-state index contributed by atoms with van der Waals surface area (Å²) in [6.45, 7) is 2.26. The fourth-order valence-corrected chi connectivity index (χ4v) is 4.22. The van der Waals surface area contributed by atoms with E-state index in [0.29, 0.717) is 53.4 Å². The number of carbonyl (C=O) groups is 2. The molecule has 0 atom stereocenters. The van der Waals surface area contributed by atoms with Gasteiger partial charge in [0, 0.05) is 24.8 Å². The van der Waals surface area contributed by atoms with E-state index in [1.165, 1.54) is 12.3 Å². The molecule has 2 N–H and O–H groups in total. The van der Waals surface area contributed by atoms with Crippen molar-refractivity contribution in [3.63, 3.8) is 0 Å². The molecular formula is C25H20N2O5. The van der Waals surface area contributed by atoms with E-state index in [1.807, 2.05) is 24.3 Å². The minimum atomic E-state index is -1.05. The number of carboxylic acid groups (broad SMARTS) is 1. The predicted molar refractivity (Wildman–Crippen MR) is 121 cm³/mol. The van der Waals surface area contributed by atoms with Gasteiger partial charge < -0.3 is 19.7 Å². The molecule has 2 heterocycles. The average Bonchev–Trinajstić information content (AvgIpc) is 2.83. The van der Waals surface area contributed by atoms with Gasteiger partial charge in [-0.3, -0.25) is 9.59 Å². The molecule has 160 valence electrons. The van der Waals surface area contributed by atoms with Crippen LogP contribution in [-0.4, -0.2) is 53.2 Å². The predicted octanol–water partition coefficient (Wildman–Crippen LogP) is 3.52. The summed E-state index contributed by atoms with van der Waals surface area (Å²) in [5.41, 5.74) is 2.18. The van der Waals surface area contributed by atoms with Crippen molar-refractivity contribution in [1.29, 1.82) is 0 Å². The lowest BCUT2D eigenvalue weighted by Crippen LogP contribution is -2.40. The molecule has 0 unspecified atom stereocenters. The number of aromatic nitrogens is 1. The van der Waals surface area contributed by atoms with Gasteiger partial charge in [0.1, 0.15) is 0 Å². The normalized spacial score (nSPS) is 14.1. The minimum Gasteiger partial charge on any atom is -0.478 e. The van der Waals surface area contributed by atoms with E-state index in [-0.39, 0.29) is 17.0 Å². The van der Waals surface area contributed by atoms with Crippen LogP contribution in [0.5, 0.6) is 0 Å². The molecular weight excluding hydrogens is 408 g/mol. The highest BCUT2D eigenvalue weighted by Crippen LogP contribution is 2.31. The Morgan fingerprint density at radius 1 is 0.906 bits per heavy atom. The van der Waals surface area contributed by atoms with Crippen molar-refractivity contribution in [2.75, 3.05) is 26.3 Å². The second-order valence-electron chi connectivity index (χ2n) is 7.74. The first kappa shape index (κ1) is 20.0. The van der Waals surface area contributed by atoms with E-state index >= 15 is 0 Å². The number of nitrogens with one attached hydrogen (secondary N) is 1. The van der Waals surface area contributed by atoms with E-state index in [0.717, 1.165) is 11.1 Å². The van der Waals surface area contributed by atoms with Gasteiger partial charge in [0.15, 0.2) is 0 Å². The first-order valence-electron chi connectivity index (χ1n) is 10.3. The number of benzene rings is 3. The van der Waals surface area contributed by atoms with Gasteiger partial charge >= 0.3 is 5.97 Å². The van der Waals surface area contributed by atoms with Crippen molar-refractivity contribution in [3.05, 3.63) is 82.3 Å². The molecule has 7 nitrogen and oxygen atoms in total. The number of morpholine rings is 1. The molecule has 32 heavy (non-hydrogen) atoms. The van der Waals surface area contributed by atoms with Crippen LogP contribution in [0.15, 0.2) is 65.6 Å². The Morgan fingerprint density at radius 3 is 2.34 bits per heavy atom. The van der Waals surface area contributed by atoms with Gasteiger partial charge in [-0.25, -0.2) is 4.79 Å². The third-order valence-corrected chi connectivity index (χ3v) is 5.87. The SMILES string of the molecule is O=C(O)c1cc2cc[nH]c(=O)c2c2cc(-c3ccc(C(=O)N4CCOCC4)cc3)ccc12. The van der Waals surface area contributed by atoms with Crippen molar-refractivity contribution < 1.29 is 19.4 Å². The number of carboxylic acids is 1. The van der Waals surface area contributed by atoms with E-state index in [2.05, 4.69) is 4.98 Å². The van der Waals surface area contributed by atoms with E-state index in [4.69, 9.17) is 4.74 Å². The molecule has 0 radical (unpaired) electrons. The molecule has 0 spiro atoms. The summed E-state index contributed by atoms with van der Waals surface area (Å²) in [6.07, 6.45) is 1.51. The number of nitrogens with zero attached hydrogens (tertiary/aromatic N) is 1. The molecule has 7 heteroatoms. The number of aromatic amines is 1. The van der Waals surface area contributed by atoms with Gasteiger partial charge in [0.2, 0.25) is 0 Å². The summed E-state index contributed by atoms with van der Waals surface area (Å²) in [6, 6.07) is 15.9. The van der Waals surface area contributed by atoms with Crippen molar-refractivity contribution in [2.45, 2.75) is 0 Å². The molecule has 1 aromatic heterocycles. The van der Waals surface area contributed by atoms with Crippen LogP contribution in [0.25, 0.3) is 32.7 Å². The Morgan fingerprint density at radius 2 is 1.62 bits per heavy atom. The number of hydrogen-bond acceptors (Lipinski definition) is 4. The Kier molecular flexibility index (Phi) is 4.95. The minimum absolute atomic E-state index is 0.0259. The molecule has 5 rings (SSSR count). The maximum atomic E-state index is 12.7. The number of pyridine rings is 1. The van der Waals surface area contributed by atoms with Gasteiger partial charge in [-0.15, -0.1) is 0 Å². The van der Waals surface area contributed by atoms with Crippen LogP contribution in [0.1, 0.15) is 20.7 Å². The van der Waals surface area contributed by atoms with Crippen LogP contribution in [0.4, 0.5) is 0 Å². The molecule has 0 bridgehead atoms. The summed E-state index contributed by atoms with van der Waals surface area (Å²) >= 11 is 0. The van der Waals surface area contributed by atoms with Crippen molar-refractivity contribution in [2.24, 2.45) is 0 Å². The lowest BCUT2D eigenvalue weighted by atomic mass is 9.94. The van der Waals surface area contributed by atoms with E-state index in [9.17, 15) is 19.5 Å². The zero-order valence-corrected chi connectivity index (χ0v) is 17.1. The monoisotopic (exact) mass is 428 g/mol. The Bertz CT molecular complexity index is 1420. The van der Waals surface area contributed by atoms with Gasteiger partial charge in [0.05, 0.1) is 24.2 Å². The lowest BCUT2D eigenvalue weighted by molar-refractivity contribution is 0.0303. The molecule has 1 amide bonds. The maximum Gasteiger partial charge on any atom is 0.336 e.